The Kier molecular flexibility index (Phi) is 5.07. The number of hydrogen-bond acceptors (Lipinski definition) is 3. The fraction of sp³-hybridized carbons (Fsp3) is 0.571. The van der Waals surface area contributed by atoms with Crippen molar-refractivity contribution < 1.29 is 13.2 Å². The SMILES string of the molecule is Cc1ccc(CCl)cc1S(=O)(=O)N1CCCOC(C)C1. The zero-order valence-electron chi connectivity index (χ0n) is 11.8. The van der Waals surface area contributed by atoms with E-state index in [-0.39, 0.29) is 6.10 Å². The quantitative estimate of drug-likeness (QED) is 0.805. The standard InChI is InChI=1S/C14H20ClNO3S/c1-11-4-5-13(9-15)8-14(11)20(17,18)16-6-3-7-19-12(2)10-16/h4-5,8,12H,3,6-7,9-10H2,1-2H3. The number of halogens is 1. The van der Waals surface area contributed by atoms with Gasteiger partial charge in [0.1, 0.15) is 0 Å². The zero-order valence-corrected chi connectivity index (χ0v) is 13.4. The van der Waals surface area contributed by atoms with Gasteiger partial charge in [-0.05, 0) is 37.5 Å². The van der Waals surface area contributed by atoms with Gasteiger partial charge in [0, 0.05) is 25.6 Å². The smallest absolute Gasteiger partial charge is 0.243 e. The van der Waals surface area contributed by atoms with Crippen LogP contribution in [0, 0.1) is 6.92 Å². The summed E-state index contributed by atoms with van der Waals surface area (Å²) < 4.78 is 32.6. The number of aryl methyl sites for hydroxylation is 1. The predicted molar refractivity (Wildman–Crippen MR) is 79.5 cm³/mol. The molecule has 1 atom stereocenters. The maximum Gasteiger partial charge on any atom is 0.243 e. The van der Waals surface area contributed by atoms with Gasteiger partial charge >= 0.3 is 0 Å². The van der Waals surface area contributed by atoms with E-state index in [1.54, 1.807) is 6.07 Å². The van der Waals surface area contributed by atoms with Crippen molar-refractivity contribution in [1.82, 2.24) is 4.31 Å². The normalized spacial score (nSPS) is 21.6. The fourth-order valence-electron chi connectivity index (χ4n) is 2.32. The highest BCUT2D eigenvalue weighted by molar-refractivity contribution is 7.89. The third-order valence-electron chi connectivity index (χ3n) is 3.44. The van der Waals surface area contributed by atoms with Crippen LogP contribution >= 0.6 is 11.6 Å². The van der Waals surface area contributed by atoms with Gasteiger partial charge in [0.2, 0.25) is 10.0 Å². The van der Waals surface area contributed by atoms with Crippen LogP contribution in [0.5, 0.6) is 0 Å². The molecule has 0 aliphatic carbocycles. The van der Waals surface area contributed by atoms with Crippen molar-refractivity contribution in [2.75, 3.05) is 19.7 Å². The van der Waals surface area contributed by atoms with E-state index >= 15 is 0 Å². The number of sulfonamides is 1. The van der Waals surface area contributed by atoms with Gasteiger partial charge in [-0.2, -0.15) is 4.31 Å². The van der Waals surface area contributed by atoms with E-state index in [2.05, 4.69) is 0 Å². The number of ether oxygens (including phenoxy) is 1. The minimum absolute atomic E-state index is 0.0798. The molecule has 2 rings (SSSR count). The van der Waals surface area contributed by atoms with Crippen LogP contribution in [-0.4, -0.2) is 38.5 Å². The second-order valence-electron chi connectivity index (χ2n) is 5.13. The number of nitrogens with zero attached hydrogens (tertiary/aromatic N) is 1. The van der Waals surface area contributed by atoms with Crippen LogP contribution in [0.25, 0.3) is 0 Å². The Labute approximate surface area is 125 Å². The second-order valence-corrected chi connectivity index (χ2v) is 7.31. The van der Waals surface area contributed by atoms with Gasteiger partial charge in [0.05, 0.1) is 11.0 Å². The van der Waals surface area contributed by atoms with Crippen LogP contribution in [0.3, 0.4) is 0 Å². The van der Waals surface area contributed by atoms with E-state index in [9.17, 15) is 8.42 Å². The molecule has 1 aromatic rings. The Morgan fingerprint density at radius 3 is 2.90 bits per heavy atom. The van der Waals surface area contributed by atoms with Gasteiger partial charge in [0.25, 0.3) is 0 Å². The fourth-order valence-corrected chi connectivity index (χ4v) is 4.31. The van der Waals surface area contributed by atoms with Gasteiger partial charge in [-0.15, -0.1) is 11.6 Å². The first-order valence-electron chi connectivity index (χ1n) is 6.72. The van der Waals surface area contributed by atoms with Gasteiger partial charge < -0.3 is 4.74 Å². The lowest BCUT2D eigenvalue weighted by atomic mass is 10.2. The van der Waals surface area contributed by atoms with E-state index in [1.165, 1.54) is 4.31 Å². The molecule has 1 saturated heterocycles. The van der Waals surface area contributed by atoms with Gasteiger partial charge in [-0.3, -0.25) is 0 Å². The first kappa shape index (κ1) is 15.8. The Balaban J connectivity index is 2.38. The average molecular weight is 318 g/mol. The van der Waals surface area contributed by atoms with Crippen molar-refractivity contribution in [2.45, 2.75) is 37.1 Å². The van der Waals surface area contributed by atoms with Crippen LogP contribution in [0.1, 0.15) is 24.5 Å². The Hall–Kier alpha value is -0.620. The maximum atomic E-state index is 12.8. The van der Waals surface area contributed by atoms with Gasteiger partial charge in [0.15, 0.2) is 0 Å². The molecule has 1 fully saturated rings. The summed E-state index contributed by atoms with van der Waals surface area (Å²) in [7, 11) is -3.49. The van der Waals surface area contributed by atoms with Crippen LogP contribution in [0.2, 0.25) is 0 Å². The Morgan fingerprint density at radius 2 is 2.20 bits per heavy atom. The molecule has 1 aromatic carbocycles. The van der Waals surface area contributed by atoms with E-state index in [1.807, 2.05) is 26.0 Å². The minimum Gasteiger partial charge on any atom is -0.377 e. The molecule has 0 amide bonds. The molecule has 0 saturated carbocycles. The molecule has 20 heavy (non-hydrogen) atoms. The Bertz CT molecular complexity index is 574. The lowest BCUT2D eigenvalue weighted by Gasteiger charge is -2.23. The van der Waals surface area contributed by atoms with Crippen LogP contribution in [0.15, 0.2) is 23.1 Å². The molecule has 1 heterocycles. The molecule has 112 valence electrons. The molecule has 1 unspecified atom stereocenters. The van der Waals surface area contributed by atoms with Crippen LogP contribution < -0.4 is 0 Å². The number of alkyl halides is 1. The second kappa shape index (κ2) is 6.43. The highest BCUT2D eigenvalue weighted by Crippen LogP contribution is 2.23. The van der Waals surface area contributed by atoms with E-state index in [4.69, 9.17) is 16.3 Å². The summed E-state index contributed by atoms with van der Waals surface area (Å²) in [5.74, 6) is 0.308. The molecule has 6 heteroatoms. The molecule has 0 spiro atoms. The summed E-state index contributed by atoms with van der Waals surface area (Å²) >= 11 is 5.81. The summed E-state index contributed by atoms with van der Waals surface area (Å²) in [4.78, 5) is 0.352. The van der Waals surface area contributed by atoms with Crippen LogP contribution in [0.4, 0.5) is 0 Å². The molecule has 0 bridgehead atoms. The van der Waals surface area contributed by atoms with Crippen molar-refractivity contribution in [2.24, 2.45) is 0 Å². The van der Waals surface area contributed by atoms with Crippen molar-refractivity contribution in [3.8, 4) is 0 Å². The molecule has 4 nitrogen and oxygen atoms in total. The molecular weight excluding hydrogens is 298 g/mol. The van der Waals surface area contributed by atoms with Gasteiger partial charge in [-0.25, -0.2) is 8.42 Å². The third-order valence-corrected chi connectivity index (χ3v) is 5.76. The zero-order chi connectivity index (χ0) is 14.8. The summed E-state index contributed by atoms with van der Waals surface area (Å²) in [5.41, 5.74) is 1.56. The minimum atomic E-state index is -3.49. The highest BCUT2D eigenvalue weighted by atomic mass is 35.5. The largest absolute Gasteiger partial charge is 0.377 e. The Morgan fingerprint density at radius 1 is 1.45 bits per heavy atom. The van der Waals surface area contributed by atoms with E-state index < -0.39 is 10.0 Å². The molecular formula is C14H20ClNO3S. The van der Waals surface area contributed by atoms with E-state index in [0.717, 1.165) is 17.5 Å². The number of benzene rings is 1. The molecule has 1 aliphatic heterocycles. The highest BCUT2D eigenvalue weighted by Gasteiger charge is 2.29. The number of hydrogen-bond donors (Lipinski definition) is 0. The van der Waals surface area contributed by atoms with Crippen molar-refractivity contribution >= 4 is 21.6 Å². The lowest BCUT2D eigenvalue weighted by molar-refractivity contribution is 0.0752. The maximum absolute atomic E-state index is 12.8. The van der Waals surface area contributed by atoms with Crippen molar-refractivity contribution in [3.05, 3.63) is 29.3 Å². The van der Waals surface area contributed by atoms with Gasteiger partial charge in [-0.1, -0.05) is 12.1 Å². The topological polar surface area (TPSA) is 46.6 Å². The first-order valence-corrected chi connectivity index (χ1v) is 8.70. The van der Waals surface area contributed by atoms with Crippen molar-refractivity contribution in [1.29, 1.82) is 0 Å². The molecule has 0 radical (unpaired) electrons. The summed E-state index contributed by atoms with van der Waals surface area (Å²) in [6, 6.07) is 5.34. The predicted octanol–water partition coefficient (Wildman–Crippen LogP) is 2.53. The summed E-state index contributed by atoms with van der Waals surface area (Å²) in [6.45, 7) is 5.20. The summed E-state index contributed by atoms with van der Waals surface area (Å²) in [6.07, 6.45) is 0.640. The monoisotopic (exact) mass is 317 g/mol. The average Bonchev–Trinajstić information content (AvgIpc) is 2.64. The molecule has 0 aromatic heterocycles. The third kappa shape index (κ3) is 3.34. The number of rotatable bonds is 3. The molecule has 0 N–H and O–H groups in total. The summed E-state index contributed by atoms with van der Waals surface area (Å²) in [5, 5.41) is 0. The molecule has 1 aliphatic rings. The van der Waals surface area contributed by atoms with E-state index in [0.29, 0.717) is 30.5 Å². The van der Waals surface area contributed by atoms with Crippen molar-refractivity contribution in [3.63, 3.8) is 0 Å². The lowest BCUT2D eigenvalue weighted by Crippen LogP contribution is -2.36. The first-order chi connectivity index (χ1) is 9.45. The van der Waals surface area contributed by atoms with Crippen LogP contribution in [-0.2, 0) is 20.6 Å².